The molecule has 1 heterocycles. The average Bonchev–Trinajstić information content (AvgIpc) is 3.30. The number of benzene rings is 3. The van der Waals surface area contributed by atoms with Gasteiger partial charge < -0.3 is 15.4 Å². The van der Waals surface area contributed by atoms with E-state index < -0.39 is 5.97 Å². The van der Waals surface area contributed by atoms with E-state index in [9.17, 15) is 14.4 Å². The Labute approximate surface area is 230 Å². The van der Waals surface area contributed by atoms with Crippen LogP contribution < -0.4 is 10.6 Å². The summed E-state index contributed by atoms with van der Waals surface area (Å²) in [6.45, 7) is 8.47. The number of thiazole rings is 1. The maximum Gasteiger partial charge on any atom is 0.338 e. The summed E-state index contributed by atoms with van der Waals surface area (Å²) < 4.78 is 6.64. The highest BCUT2D eigenvalue weighted by molar-refractivity contribution is 8.01. The number of nitrogens with one attached hydrogen (secondary N) is 2. The second-order valence-electron chi connectivity index (χ2n) is 9.58. The van der Waals surface area contributed by atoms with E-state index in [1.165, 1.54) is 28.7 Å². The van der Waals surface area contributed by atoms with E-state index in [2.05, 4.69) is 36.4 Å². The monoisotopic (exact) mass is 547 g/mol. The van der Waals surface area contributed by atoms with Crippen LogP contribution in [0.25, 0.3) is 10.2 Å². The van der Waals surface area contributed by atoms with Gasteiger partial charge in [0.1, 0.15) is 0 Å². The molecule has 0 aliphatic carbocycles. The second kappa shape index (κ2) is 11.8. The summed E-state index contributed by atoms with van der Waals surface area (Å²) >= 11 is 2.81. The number of fused-ring (bicyclic) bond motifs is 1. The molecule has 4 rings (SSSR count). The standard InChI is InChI=1S/C29H29N3O4S2/c1-5-36-27(35)19-8-12-21(13-9-19)30-25(33)17-37-28-32-23-15-14-22(16-24(23)38-28)31-26(34)18-6-10-20(11-7-18)29(2,3)4/h6-16H,5,17H2,1-4H3,(H,30,33)(H,31,34). The predicted molar refractivity (Wildman–Crippen MR) is 154 cm³/mol. The van der Waals surface area contributed by atoms with Crippen molar-refractivity contribution >= 4 is 62.5 Å². The summed E-state index contributed by atoms with van der Waals surface area (Å²) in [6.07, 6.45) is 0. The molecular formula is C29H29N3O4S2. The average molecular weight is 548 g/mol. The van der Waals surface area contributed by atoms with Crippen molar-refractivity contribution in [3.63, 3.8) is 0 Å². The van der Waals surface area contributed by atoms with Crippen molar-refractivity contribution in [2.24, 2.45) is 0 Å². The van der Waals surface area contributed by atoms with E-state index in [0.717, 1.165) is 14.6 Å². The van der Waals surface area contributed by atoms with Crippen LogP contribution in [-0.4, -0.2) is 35.1 Å². The molecule has 0 fully saturated rings. The van der Waals surface area contributed by atoms with Gasteiger partial charge in [0, 0.05) is 16.9 Å². The minimum Gasteiger partial charge on any atom is -0.462 e. The molecular weight excluding hydrogens is 518 g/mol. The number of hydrogen-bond donors (Lipinski definition) is 2. The third kappa shape index (κ3) is 6.99. The predicted octanol–water partition coefficient (Wildman–Crippen LogP) is 6.75. The molecule has 2 N–H and O–H groups in total. The lowest BCUT2D eigenvalue weighted by atomic mass is 9.87. The summed E-state index contributed by atoms with van der Waals surface area (Å²) in [5.41, 5.74) is 4.32. The van der Waals surface area contributed by atoms with Crippen LogP contribution in [-0.2, 0) is 14.9 Å². The minimum atomic E-state index is -0.394. The summed E-state index contributed by atoms with van der Waals surface area (Å²) in [5, 5.41) is 5.77. The van der Waals surface area contributed by atoms with Crippen molar-refractivity contribution in [1.29, 1.82) is 0 Å². The third-order valence-corrected chi connectivity index (χ3v) is 7.81. The lowest BCUT2D eigenvalue weighted by molar-refractivity contribution is -0.113. The van der Waals surface area contributed by atoms with Crippen molar-refractivity contribution in [1.82, 2.24) is 4.98 Å². The van der Waals surface area contributed by atoms with Gasteiger partial charge in [0.15, 0.2) is 4.34 Å². The van der Waals surface area contributed by atoms with Crippen LogP contribution in [0.2, 0.25) is 0 Å². The Bertz CT molecular complexity index is 1460. The zero-order valence-electron chi connectivity index (χ0n) is 21.7. The van der Waals surface area contributed by atoms with Crippen LogP contribution >= 0.6 is 23.1 Å². The summed E-state index contributed by atoms with van der Waals surface area (Å²) in [5.74, 6) is -0.554. The molecule has 38 heavy (non-hydrogen) atoms. The van der Waals surface area contributed by atoms with Gasteiger partial charge in [-0.25, -0.2) is 9.78 Å². The van der Waals surface area contributed by atoms with Gasteiger partial charge in [-0.2, -0.15) is 0 Å². The lowest BCUT2D eigenvalue weighted by Gasteiger charge is -2.19. The molecule has 0 saturated carbocycles. The molecule has 7 nitrogen and oxygen atoms in total. The van der Waals surface area contributed by atoms with E-state index in [0.29, 0.717) is 29.1 Å². The van der Waals surface area contributed by atoms with E-state index in [1.807, 2.05) is 42.5 Å². The molecule has 4 aromatic rings. The molecule has 1 aromatic heterocycles. The minimum absolute atomic E-state index is 0.0274. The molecule has 2 amide bonds. The summed E-state index contributed by atoms with van der Waals surface area (Å²) in [6, 6.07) is 19.8. The summed E-state index contributed by atoms with van der Waals surface area (Å²) in [7, 11) is 0. The van der Waals surface area contributed by atoms with E-state index in [-0.39, 0.29) is 23.0 Å². The smallest absolute Gasteiger partial charge is 0.338 e. The van der Waals surface area contributed by atoms with Crippen molar-refractivity contribution in [2.75, 3.05) is 23.0 Å². The van der Waals surface area contributed by atoms with Gasteiger partial charge in [-0.3, -0.25) is 9.59 Å². The fourth-order valence-corrected chi connectivity index (χ4v) is 5.50. The van der Waals surface area contributed by atoms with Gasteiger partial charge in [0.05, 0.1) is 28.1 Å². The molecule has 9 heteroatoms. The Hall–Kier alpha value is -3.69. The SMILES string of the molecule is CCOC(=O)c1ccc(NC(=O)CSc2nc3ccc(NC(=O)c4ccc(C(C)(C)C)cc4)cc3s2)cc1. The Kier molecular flexibility index (Phi) is 8.48. The van der Waals surface area contributed by atoms with Gasteiger partial charge in [-0.05, 0) is 72.5 Å². The first-order valence-electron chi connectivity index (χ1n) is 12.1. The second-order valence-corrected chi connectivity index (χ2v) is 11.8. The first-order valence-corrected chi connectivity index (χ1v) is 13.9. The number of thioether (sulfide) groups is 1. The molecule has 0 spiro atoms. The van der Waals surface area contributed by atoms with Crippen LogP contribution in [0.1, 0.15) is 54.0 Å². The topological polar surface area (TPSA) is 97.4 Å². The number of nitrogens with zero attached hydrogens (tertiary/aromatic N) is 1. The quantitative estimate of drug-likeness (QED) is 0.187. The maximum atomic E-state index is 12.7. The third-order valence-electron chi connectivity index (χ3n) is 5.65. The van der Waals surface area contributed by atoms with Crippen molar-refractivity contribution < 1.29 is 19.1 Å². The van der Waals surface area contributed by atoms with Gasteiger partial charge in [-0.1, -0.05) is 44.7 Å². The molecule has 0 bridgehead atoms. The van der Waals surface area contributed by atoms with Crippen LogP contribution in [0.3, 0.4) is 0 Å². The first kappa shape index (κ1) is 27.3. The molecule has 0 unspecified atom stereocenters. The van der Waals surface area contributed by atoms with Crippen LogP contribution in [0.15, 0.2) is 71.1 Å². The van der Waals surface area contributed by atoms with Gasteiger partial charge in [0.25, 0.3) is 5.91 Å². The van der Waals surface area contributed by atoms with Gasteiger partial charge in [-0.15, -0.1) is 11.3 Å². The number of hydrogen-bond acceptors (Lipinski definition) is 7. The maximum absolute atomic E-state index is 12.7. The Balaban J connectivity index is 1.33. The van der Waals surface area contributed by atoms with Gasteiger partial charge >= 0.3 is 5.97 Å². The molecule has 0 aliphatic rings. The van der Waals surface area contributed by atoms with Gasteiger partial charge in [0.2, 0.25) is 5.91 Å². The highest BCUT2D eigenvalue weighted by atomic mass is 32.2. The zero-order valence-corrected chi connectivity index (χ0v) is 23.3. The number of carbonyl (C=O) groups excluding carboxylic acids is 3. The molecule has 0 atom stereocenters. The number of anilines is 2. The number of carbonyl (C=O) groups is 3. The Morgan fingerprint density at radius 2 is 1.55 bits per heavy atom. The lowest BCUT2D eigenvalue weighted by Crippen LogP contribution is -2.14. The number of aromatic nitrogens is 1. The van der Waals surface area contributed by atoms with Crippen LogP contribution in [0, 0.1) is 0 Å². The summed E-state index contributed by atoms with van der Waals surface area (Å²) in [4.78, 5) is 41.5. The fourth-order valence-electron chi connectivity index (χ4n) is 3.60. The highest BCUT2D eigenvalue weighted by Crippen LogP contribution is 2.31. The Morgan fingerprint density at radius 1 is 0.895 bits per heavy atom. The van der Waals surface area contributed by atoms with E-state index >= 15 is 0 Å². The number of ether oxygens (including phenoxy) is 1. The molecule has 0 radical (unpaired) electrons. The van der Waals surface area contributed by atoms with Crippen molar-refractivity contribution in [3.05, 3.63) is 83.4 Å². The largest absolute Gasteiger partial charge is 0.462 e. The van der Waals surface area contributed by atoms with E-state index in [4.69, 9.17) is 4.74 Å². The highest BCUT2D eigenvalue weighted by Gasteiger charge is 2.15. The molecule has 3 aromatic carbocycles. The molecule has 0 saturated heterocycles. The Morgan fingerprint density at radius 3 is 2.21 bits per heavy atom. The molecule has 196 valence electrons. The fraction of sp³-hybridized carbons (Fsp3) is 0.241. The van der Waals surface area contributed by atoms with Crippen molar-refractivity contribution in [3.8, 4) is 0 Å². The zero-order chi connectivity index (χ0) is 27.3. The number of esters is 1. The normalized spacial score (nSPS) is 11.3. The van der Waals surface area contributed by atoms with Crippen molar-refractivity contribution in [2.45, 2.75) is 37.4 Å². The number of rotatable bonds is 8. The first-order chi connectivity index (χ1) is 18.1. The van der Waals surface area contributed by atoms with E-state index in [1.54, 1.807) is 31.2 Å². The van der Waals surface area contributed by atoms with Crippen LogP contribution in [0.5, 0.6) is 0 Å². The molecule has 0 aliphatic heterocycles. The van der Waals surface area contributed by atoms with Crippen LogP contribution in [0.4, 0.5) is 11.4 Å². The number of amides is 2.